The maximum absolute atomic E-state index is 13.6. The van der Waals surface area contributed by atoms with E-state index in [0.717, 1.165) is 38.9 Å². The molecule has 3 aromatic rings. The number of aliphatic hydroxyl groups is 1. The van der Waals surface area contributed by atoms with Crippen molar-refractivity contribution in [2.45, 2.75) is 31.8 Å². The highest BCUT2D eigenvalue weighted by molar-refractivity contribution is 5.96. The number of hydrogen-bond donors (Lipinski definition) is 1. The number of likely N-dealkylation sites (tertiary alicyclic amines) is 1. The van der Waals surface area contributed by atoms with Gasteiger partial charge >= 0.3 is 0 Å². The number of piperidine rings is 1. The number of halogens is 2. The van der Waals surface area contributed by atoms with E-state index in [9.17, 15) is 18.7 Å². The molecule has 3 aromatic carbocycles. The van der Waals surface area contributed by atoms with Crippen molar-refractivity contribution in [3.05, 3.63) is 101 Å². The molecule has 0 spiro atoms. The summed E-state index contributed by atoms with van der Waals surface area (Å²) in [6, 6.07) is 19.1. The van der Waals surface area contributed by atoms with Gasteiger partial charge in [0.05, 0.1) is 12.2 Å². The van der Waals surface area contributed by atoms with Gasteiger partial charge in [-0.3, -0.25) is 4.79 Å². The molecule has 0 bridgehead atoms. The minimum atomic E-state index is -1.33. The number of Topliss-reactive ketones (excluding diaryl/α,β-unsaturated/α-hetero) is 1. The maximum atomic E-state index is 13.6. The molecular weight excluding hydrogens is 448 g/mol. The number of rotatable bonds is 9. The smallest absolute Gasteiger partial charge is 0.163 e. The quantitative estimate of drug-likeness (QED) is 0.321. The third-order valence-electron chi connectivity index (χ3n) is 6.89. The van der Waals surface area contributed by atoms with E-state index in [1.165, 1.54) is 31.2 Å². The van der Waals surface area contributed by atoms with Crippen LogP contribution in [0.1, 0.15) is 47.7 Å². The largest absolute Gasteiger partial charge is 0.493 e. The Hall–Kier alpha value is -3.09. The summed E-state index contributed by atoms with van der Waals surface area (Å²) in [5.41, 5.74) is 0.490. The highest BCUT2D eigenvalue weighted by atomic mass is 19.1. The number of carbonyl (C=O) groups is 1. The van der Waals surface area contributed by atoms with E-state index < -0.39 is 5.60 Å². The number of para-hydroxylation sites is 1. The molecule has 4 nitrogen and oxygen atoms in total. The summed E-state index contributed by atoms with van der Waals surface area (Å²) in [6.45, 7) is 4.50. The number of hydrogen-bond acceptors (Lipinski definition) is 4. The first kappa shape index (κ1) is 25.0. The first-order valence-corrected chi connectivity index (χ1v) is 12.1. The van der Waals surface area contributed by atoms with Crippen LogP contribution >= 0.6 is 0 Å². The van der Waals surface area contributed by atoms with Crippen LogP contribution in [0.3, 0.4) is 0 Å². The minimum Gasteiger partial charge on any atom is -0.493 e. The highest BCUT2D eigenvalue weighted by Gasteiger charge is 2.41. The van der Waals surface area contributed by atoms with Crippen LogP contribution in [0.5, 0.6) is 5.75 Å². The molecule has 35 heavy (non-hydrogen) atoms. The Morgan fingerprint density at radius 3 is 2.03 bits per heavy atom. The molecule has 0 radical (unpaired) electrons. The van der Waals surface area contributed by atoms with Crippen molar-refractivity contribution in [2.75, 3.05) is 26.2 Å². The second-order valence-corrected chi connectivity index (χ2v) is 9.15. The second-order valence-electron chi connectivity index (χ2n) is 9.15. The van der Waals surface area contributed by atoms with Crippen molar-refractivity contribution in [3.63, 3.8) is 0 Å². The Kier molecular flexibility index (Phi) is 7.93. The van der Waals surface area contributed by atoms with Gasteiger partial charge in [0.1, 0.15) is 23.0 Å². The molecule has 0 saturated carbocycles. The van der Waals surface area contributed by atoms with Crippen LogP contribution in [-0.4, -0.2) is 42.0 Å². The van der Waals surface area contributed by atoms with Crippen molar-refractivity contribution >= 4 is 5.78 Å². The average molecular weight is 480 g/mol. The number of benzene rings is 3. The van der Waals surface area contributed by atoms with Crippen molar-refractivity contribution in [1.82, 2.24) is 4.90 Å². The van der Waals surface area contributed by atoms with E-state index in [1.807, 2.05) is 18.2 Å². The number of ketones is 1. The molecule has 1 N–H and O–H groups in total. The Balaban J connectivity index is 1.37. The molecule has 1 aliphatic heterocycles. The molecule has 0 unspecified atom stereocenters. The van der Waals surface area contributed by atoms with E-state index in [4.69, 9.17) is 4.74 Å². The van der Waals surface area contributed by atoms with E-state index in [-0.39, 0.29) is 23.3 Å². The molecule has 184 valence electrons. The van der Waals surface area contributed by atoms with Crippen LogP contribution in [0.15, 0.2) is 72.8 Å². The molecule has 0 amide bonds. The van der Waals surface area contributed by atoms with E-state index >= 15 is 0 Å². The van der Waals surface area contributed by atoms with Crippen molar-refractivity contribution in [1.29, 1.82) is 0 Å². The fourth-order valence-corrected chi connectivity index (χ4v) is 4.97. The normalized spacial score (nSPS) is 15.2. The van der Waals surface area contributed by atoms with Crippen LogP contribution in [-0.2, 0) is 5.60 Å². The van der Waals surface area contributed by atoms with Gasteiger partial charge in [-0.15, -0.1) is 0 Å². The Morgan fingerprint density at radius 2 is 1.49 bits per heavy atom. The standard InChI is InChI=1S/C29H31F2NO3/c1-21(33)27-5-2-3-6-28(27)35-20-4-17-32-18-15-24(16-19-32)29(34,22-7-11-25(30)12-8-22)23-9-13-26(31)14-10-23/h2-3,5-14,24,34H,4,15-20H2,1H3. The SMILES string of the molecule is CC(=O)c1ccccc1OCCCN1CCC(C(O)(c2ccc(F)cc2)c2ccc(F)cc2)CC1. The van der Waals surface area contributed by atoms with Crippen molar-refractivity contribution in [3.8, 4) is 5.75 Å². The van der Waals surface area contributed by atoms with Gasteiger partial charge in [-0.25, -0.2) is 8.78 Å². The zero-order chi connectivity index (χ0) is 24.8. The van der Waals surface area contributed by atoms with Crippen LogP contribution < -0.4 is 4.74 Å². The predicted molar refractivity (Wildman–Crippen MR) is 132 cm³/mol. The van der Waals surface area contributed by atoms with E-state index in [2.05, 4.69) is 4.90 Å². The summed E-state index contributed by atoms with van der Waals surface area (Å²) in [5, 5.41) is 11.9. The molecule has 0 aliphatic carbocycles. The molecule has 0 aromatic heterocycles. The Labute approximate surface area is 205 Å². The fourth-order valence-electron chi connectivity index (χ4n) is 4.97. The Bertz CT molecular complexity index is 1080. The molecule has 1 fully saturated rings. The van der Waals surface area contributed by atoms with Crippen LogP contribution in [0.25, 0.3) is 0 Å². The first-order valence-electron chi connectivity index (χ1n) is 12.1. The lowest BCUT2D eigenvalue weighted by Crippen LogP contribution is -2.44. The summed E-state index contributed by atoms with van der Waals surface area (Å²) in [4.78, 5) is 14.1. The van der Waals surface area contributed by atoms with Crippen molar-refractivity contribution < 1.29 is 23.4 Å². The lowest BCUT2D eigenvalue weighted by Gasteiger charge is -2.42. The molecular formula is C29H31F2NO3. The monoisotopic (exact) mass is 479 g/mol. The zero-order valence-corrected chi connectivity index (χ0v) is 19.9. The summed E-state index contributed by atoms with van der Waals surface area (Å²) in [5.74, 6) is -0.218. The molecule has 1 heterocycles. The van der Waals surface area contributed by atoms with Gasteiger partial charge in [-0.05, 0) is 92.7 Å². The van der Waals surface area contributed by atoms with Gasteiger partial charge in [-0.1, -0.05) is 36.4 Å². The Morgan fingerprint density at radius 1 is 0.943 bits per heavy atom. The van der Waals surface area contributed by atoms with Crippen LogP contribution in [0.4, 0.5) is 8.78 Å². The van der Waals surface area contributed by atoms with Gasteiger partial charge in [0.15, 0.2) is 5.78 Å². The van der Waals surface area contributed by atoms with Gasteiger partial charge in [0, 0.05) is 6.54 Å². The number of nitrogens with zero attached hydrogens (tertiary/aromatic N) is 1. The maximum Gasteiger partial charge on any atom is 0.163 e. The van der Waals surface area contributed by atoms with Gasteiger partial charge in [0.2, 0.25) is 0 Å². The molecule has 1 saturated heterocycles. The van der Waals surface area contributed by atoms with Crippen molar-refractivity contribution in [2.24, 2.45) is 5.92 Å². The van der Waals surface area contributed by atoms with E-state index in [1.54, 1.807) is 30.3 Å². The summed E-state index contributed by atoms with van der Waals surface area (Å²) < 4.78 is 33.0. The number of carbonyl (C=O) groups excluding carboxylic acids is 1. The van der Waals surface area contributed by atoms with Gasteiger partial charge < -0.3 is 14.7 Å². The molecule has 4 rings (SSSR count). The summed E-state index contributed by atoms with van der Waals surface area (Å²) >= 11 is 0. The van der Waals surface area contributed by atoms with Crippen LogP contribution in [0, 0.1) is 17.6 Å². The zero-order valence-electron chi connectivity index (χ0n) is 19.9. The lowest BCUT2D eigenvalue weighted by molar-refractivity contribution is -0.0147. The third kappa shape index (κ3) is 5.77. The molecule has 0 atom stereocenters. The predicted octanol–water partition coefficient (Wildman–Crippen LogP) is 5.58. The fraction of sp³-hybridized carbons (Fsp3) is 0.345. The van der Waals surface area contributed by atoms with Gasteiger partial charge in [-0.2, -0.15) is 0 Å². The molecule has 6 heteroatoms. The second kappa shape index (κ2) is 11.1. The average Bonchev–Trinajstić information content (AvgIpc) is 2.87. The third-order valence-corrected chi connectivity index (χ3v) is 6.89. The van der Waals surface area contributed by atoms with Crippen LogP contribution in [0.2, 0.25) is 0 Å². The topological polar surface area (TPSA) is 49.8 Å². The molecule has 1 aliphatic rings. The lowest BCUT2D eigenvalue weighted by atomic mass is 9.72. The minimum absolute atomic E-state index is 0.0162. The first-order chi connectivity index (χ1) is 16.9. The van der Waals surface area contributed by atoms with E-state index in [0.29, 0.717) is 29.0 Å². The summed E-state index contributed by atoms with van der Waals surface area (Å²) in [6.07, 6.45) is 2.32. The highest BCUT2D eigenvalue weighted by Crippen LogP contribution is 2.42. The van der Waals surface area contributed by atoms with Gasteiger partial charge in [0.25, 0.3) is 0 Å². The summed E-state index contributed by atoms with van der Waals surface area (Å²) in [7, 11) is 0. The number of ether oxygens (including phenoxy) is 1.